The number of rotatable bonds is 4. The Morgan fingerprint density at radius 1 is 0.302 bits per heavy atom. The molecule has 0 spiro atoms. The van der Waals surface area contributed by atoms with E-state index in [0.29, 0.717) is 81.2 Å². The van der Waals surface area contributed by atoms with E-state index >= 15 is 0 Å². The van der Waals surface area contributed by atoms with Gasteiger partial charge in [0.15, 0.2) is 0 Å². The highest BCUT2D eigenvalue weighted by Gasteiger charge is 2.52. The third kappa shape index (κ3) is 29.6. The van der Waals surface area contributed by atoms with Crippen molar-refractivity contribution in [2.75, 3.05) is 0 Å². The molecule has 13 aliphatic rings. The minimum absolute atomic E-state index is 0.547. The fourth-order valence-corrected chi connectivity index (χ4v) is 30.7. The van der Waals surface area contributed by atoms with Gasteiger partial charge in [0.2, 0.25) is 0 Å². The Bertz CT molecular complexity index is 2360. The summed E-state index contributed by atoms with van der Waals surface area (Å²) in [6.45, 7) is 98.9. The minimum atomic E-state index is 0.547. The molecule has 13 fully saturated rings. The van der Waals surface area contributed by atoms with Gasteiger partial charge in [0.05, 0.1) is 0 Å². The molecule has 106 heavy (non-hydrogen) atoms. The van der Waals surface area contributed by atoms with Crippen molar-refractivity contribution in [1.29, 1.82) is 0 Å². The molecule has 0 nitrogen and oxygen atoms in total. The summed E-state index contributed by atoms with van der Waals surface area (Å²) in [7, 11) is 0. The summed E-state index contributed by atoms with van der Waals surface area (Å²) >= 11 is 0. The molecule has 8 unspecified atom stereocenters. The van der Waals surface area contributed by atoms with Gasteiger partial charge in [-0.3, -0.25) is 0 Å². The van der Waals surface area contributed by atoms with Crippen LogP contribution in [0.15, 0.2) is 0 Å². The first kappa shape index (κ1) is 98.4. The normalized spacial score (nSPS) is 35.4. The summed E-state index contributed by atoms with van der Waals surface area (Å²) in [6, 6.07) is 0. The second kappa shape index (κ2) is 37.5. The third-order valence-electron chi connectivity index (χ3n) is 34.6. The topological polar surface area (TPSA) is 0 Å². The van der Waals surface area contributed by atoms with Gasteiger partial charge in [-0.25, -0.2) is 0 Å². The van der Waals surface area contributed by atoms with Gasteiger partial charge < -0.3 is 0 Å². The van der Waals surface area contributed by atoms with E-state index in [1.165, 1.54) is 180 Å². The van der Waals surface area contributed by atoms with Crippen molar-refractivity contribution < 1.29 is 0 Å². The van der Waals surface area contributed by atoms with Crippen LogP contribution in [-0.4, -0.2) is 0 Å². The van der Waals surface area contributed by atoms with Crippen LogP contribution in [0.5, 0.6) is 0 Å². The molecule has 0 heteroatoms. The van der Waals surface area contributed by atoms with Gasteiger partial charge in [0.25, 0.3) is 0 Å². The van der Waals surface area contributed by atoms with E-state index in [2.05, 4.69) is 284 Å². The molecule has 13 saturated carbocycles. The van der Waals surface area contributed by atoms with E-state index < -0.39 is 0 Å². The van der Waals surface area contributed by atoms with Gasteiger partial charge in [0.1, 0.15) is 0 Å². The molecule has 0 amide bonds. The molecule has 0 aromatic heterocycles. The van der Waals surface area contributed by atoms with Crippen molar-refractivity contribution in [2.24, 2.45) is 182 Å². The number of fused-ring (bicyclic) bond motifs is 6. The van der Waals surface area contributed by atoms with Gasteiger partial charge >= 0.3 is 0 Å². The lowest BCUT2D eigenvalue weighted by molar-refractivity contribution is 0.0202. The van der Waals surface area contributed by atoms with Crippen LogP contribution >= 0.6 is 0 Å². The van der Waals surface area contributed by atoms with Crippen LogP contribution in [0.1, 0.15) is 496 Å². The molecule has 0 heterocycles. The highest BCUT2D eigenvalue weighted by Crippen LogP contribution is 2.61. The highest BCUT2D eigenvalue weighted by atomic mass is 14.6. The lowest BCUT2D eigenvalue weighted by Crippen LogP contribution is -2.38. The highest BCUT2D eigenvalue weighted by molar-refractivity contribution is 5.02. The quantitative estimate of drug-likeness (QED) is 0.263. The Morgan fingerprint density at radius 2 is 0.679 bits per heavy atom. The molecular weight excluding hydrogens is 1270 g/mol. The monoisotopic (exact) mass is 1480 g/mol. The smallest absolute Gasteiger partial charge is 0.0288 e. The summed E-state index contributed by atoms with van der Waals surface area (Å²) in [5.74, 6) is 17.3. The first-order valence-corrected chi connectivity index (χ1v) is 47.7. The van der Waals surface area contributed by atoms with E-state index in [4.69, 9.17) is 0 Å². The van der Waals surface area contributed by atoms with Crippen LogP contribution in [0.4, 0.5) is 0 Å². The molecule has 0 radical (unpaired) electrons. The van der Waals surface area contributed by atoms with E-state index in [9.17, 15) is 0 Å². The second-order valence-corrected chi connectivity index (χ2v) is 53.5. The summed E-state index contributed by atoms with van der Waals surface area (Å²) in [5, 5.41) is 0. The summed E-state index contributed by atoms with van der Waals surface area (Å²) in [5.41, 5.74) is 8.78. The molecule has 0 saturated heterocycles. The van der Waals surface area contributed by atoms with E-state index in [0.717, 1.165) is 101 Å². The van der Waals surface area contributed by atoms with Crippen molar-refractivity contribution in [3.63, 3.8) is 0 Å². The van der Waals surface area contributed by atoms with Crippen molar-refractivity contribution in [1.82, 2.24) is 0 Å². The summed E-state index contributed by atoms with van der Waals surface area (Å²) in [6.07, 6.45) is 47.9. The molecule has 10 atom stereocenters. The zero-order valence-electron chi connectivity index (χ0n) is 81.6. The van der Waals surface area contributed by atoms with E-state index in [1.54, 1.807) is 32.1 Å². The SMILES string of the molecule is CC(C)C1C(C)(C)CCC1(C)C.CC1(C)CC(C)(C)CC(C)(C)C1.CC1C(C)(C)CCCC1(C)C.CC1C2CCC(C2)[C@H]1C.CC1CC(C)(C)CC(C)(C)C1.CC1CCC(C)(C)CC1.CCC1C(C)(C)CCC1(C)C.CCC1CC(C)(C)CC(C)(C)C1.CCC1CC2CCC1C2.C[C@@H]1C2CCC(C2)C1(C)C. The largest absolute Gasteiger partial charge is 0.0651 e. The molecular formula is C106H206. The standard InChI is InChI=1S/3C12H24.3C11H22.C10H18.2C9H16.C9H18/c1-10(2)7-11(3,4)9-12(5,6)8-10;1-9(2)10-11(3,4)7-8-12(10,5)6;1-6-10-7-11(2,3)9-12(4,5)8-10;1-9-6-10(2,3)8-11(4,5)7-9;1-9-10(2,3)7-6-8-11(9,4)5;1-6-9-10(2,3)7-8-11(9,4)5;1-7-8-4-5-9(6-8)10(7,2)3;1-6-7(2)9-4-3-8(6)5-9;1-2-8-5-7-3-4-9(8)6-7;1-8-4-6-9(2,3)7-5-8/h7-9H2,1-6H3;9-10H,7-8H2,1-6H3;10H,6-9H2,1-5H3;3*9H,6-8H2,1-5H3;7-9H,4-6H2,1-3H3;6-9H,3-5H2,1-2H3;7-9H,2-6H2,1H3;8H,4-7H2,1-3H3/t;;;;;;7-,8?,9?;6-,7?,8?,9?;;/m......10../s1. The van der Waals surface area contributed by atoms with Crippen LogP contribution in [0.25, 0.3) is 0 Å². The lowest BCUT2D eigenvalue weighted by Gasteiger charge is -2.49. The lowest BCUT2D eigenvalue weighted by atomic mass is 9.56. The van der Waals surface area contributed by atoms with Crippen LogP contribution in [0.2, 0.25) is 0 Å². The molecule has 6 bridgehead atoms. The van der Waals surface area contributed by atoms with Gasteiger partial charge in [-0.1, -0.05) is 329 Å². The van der Waals surface area contributed by atoms with Gasteiger partial charge in [-0.05, 0) is 349 Å². The molecule has 13 aliphatic carbocycles. The summed E-state index contributed by atoms with van der Waals surface area (Å²) < 4.78 is 0. The van der Waals surface area contributed by atoms with Crippen molar-refractivity contribution in [3.8, 4) is 0 Å². The second-order valence-electron chi connectivity index (χ2n) is 53.5. The van der Waals surface area contributed by atoms with Crippen LogP contribution in [-0.2, 0) is 0 Å². The predicted octanol–water partition coefficient (Wildman–Crippen LogP) is 36.0. The average molecular weight is 1480 g/mol. The minimum Gasteiger partial charge on any atom is -0.0651 e. The Balaban J connectivity index is 0.000000249. The van der Waals surface area contributed by atoms with Crippen LogP contribution in [0, 0.1) is 182 Å². The van der Waals surface area contributed by atoms with Crippen LogP contribution < -0.4 is 0 Å². The van der Waals surface area contributed by atoms with Gasteiger partial charge in [0, 0.05) is 0 Å². The maximum atomic E-state index is 2.46. The number of hydrogen-bond donors (Lipinski definition) is 0. The summed E-state index contributed by atoms with van der Waals surface area (Å²) in [4.78, 5) is 0. The first-order valence-electron chi connectivity index (χ1n) is 47.7. The number of hydrogen-bond acceptors (Lipinski definition) is 0. The van der Waals surface area contributed by atoms with Crippen molar-refractivity contribution >= 4 is 0 Å². The zero-order valence-corrected chi connectivity index (χ0v) is 81.6. The van der Waals surface area contributed by atoms with Gasteiger partial charge in [-0.15, -0.1) is 0 Å². The van der Waals surface area contributed by atoms with Crippen LogP contribution in [0.3, 0.4) is 0 Å². The Labute approximate surface area is 673 Å². The molecule has 0 aromatic carbocycles. The van der Waals surface area contributed by atoms with E-state index in [-0.39, 0.29) is 0 Å². The maximum Gasteiger partial charge on any atom is -0.0288 e. The molecule has 0 aromatic rings. The van der Waals surface area contributed by atoms with Crippen molar-refractivity contribution in [2.45, 2.75) is 496 Å². The van der Waals surface area contributed by atoms with Crippen molar-refractivity contribution in [3.05, 3.63) is 0 Å². The fourth-order valence-electron chi connectivity index (χ4n) is 30.7. The zero-order chi connectivity index (χ0) is 81.6. The van der Waals surface area contributed by atoms with Gasteiger partial charge in [-0.2, -0.15) is 0 Å². The maximum absolute atomic E-state index is 2.46. The Hall–Kier alpha value is 0. The Morgan fingerprint density at radius 3 is 0.925 bits per heavy atom. The molecule has 13 rings (SSSR count). The molecule has 0 aliphatic heterocycles. The molecule has 0 N–H and O–H groups in total. The predicted molar refractivity (Wildman–Crippen MR) is 481 cm³/mol. The first-order chi connectivity index (χ1) is 47.7. The fraction of sp³-hybridized carbons (Fsp3) is 1.00. The Kier molecular flexibility index (Phi) is 34.8. The molecule has 630 valence electrons. The average Bonchev–Trinajstić information content (AvgIpc) is 1.78. The van der Waals surface area contributed by atoms with E-state index in [1.807, 2.05) is 0 Å². The third-order valence-corrected chi connectivity index (χ3v) is 34.6.